The highest BCUT2D eigenvalue weighted by molar-refractivity contribution is 5.11. The summed E-state index contributed by atoms with van der Waals surface area (Å²) < 4.78 is 0. The summed E-state index contributed by atoms with van der Waals surface area (Å²) in [6, 6.07) is 0.491. The molecule has 0 bridgehead atoms. The van der Waals surface area contributed by atoms with E-state index < -0.39 is 0 Å². The molecule has 0 spiro atoms. The van der Waals surface area contributed by atoms with Gasteiger partial charge in [0.2, 0.25) is 0 Å². The zero-order valence-corrected chi connectivity index (χ0v) is 7.65. The second-order valence-corrected chi connectivity index (χ2v) is 2.53. The van der Waals surface area contributed by atoms with E-state index in [-0.39, 0.29) is 0 Å². The minimum absolute atomic E-state index is 0.491. The van der Waals surface area contributed by atoms with Crippen LogP contribution in [0.5, 0.6) is 0 Å². The van der Waals surface area contributed by atoms with E-state index in [1.54, 1.807) is 6.08 Å². The molecule has 0 amide bonds. The third kappa shape index (κ3) is 4.62. The van der Waals surface area contributed by atoms with E-state index in [1.807, 2.05) is 13.0 Å². The zero-order chi connectivity index (χ0) is 8.69. The van der Waals surface area contributed by atoms with E-state index in [0.717, 1.165) is 12.1 Å². The molecular weight excluding hydrogens is 136 g/mol. The molecule has 1 atom stereocenters. The molecule has 0 aliphatic heterocycles. The van der Waals surface area contributed by atoms with Crippen molar-refractivity contribution in [3.05, 3.63) is 24.4 Å². The second-order valence-electron chi connectivity index (χ2n) is 2.53. The predicted octanol–water partition coefficient (Wildman–Crippen LogP) is 1.97. The molecule has 0 rings (SSSR count). The van der Waals surface area contributed by atoms with Gasteiger partial charge in [0, 0.05) is 11.7 Å². The molecule has 0 heterocycles. The fourth-order valence-corrected chi connectivity index (χ4v) is 0.550. The molecule has 0 fully saturated rings. The maximum Gasteiger partial charge on any atom is 0.0439 e. The van der Waals surface area contributed by atoms with Gasteiger partial charge in [0.05, 0.1) is 0 Å². The molecule has 64 valence electrons. The second kappa shape index (κ2) is 5.98. The molecule has 2 nitrogen and oxygen atoms in total. The summed E-state index contributed by atoms with van der Waals surface area (Å²) in [4.78, 5) is 0. The summed E-state index contributed by atoms with van der Waals surface area (Å²) in [6.45, 7) is 9.91. The van der Waals surface area contributed by atoms with Gasteiger partial charge < -0.3 is 5.43 Å². The first-order valence-corrected chi connectivity index (χ1v) is 4.04. The predicted molar refractivity (Wildman–Crippen MR) is 50.0 cm³/mol. The van der Waals surface area contributed by atoms with Gasteiger partial charge in [-0.15, -0.1) is 0 Å². The van der Waals surface area contributed by atoms with Crippen LogP contribution in [0.15, 0.2) is 24.4 Å². The van der Waals surface area contributed by atoms with Crippen molar-refractivity contribution in [2.24, 2.45) is 0 Å². The van der Waals surface area contributed by atoms with Crippen LogP contribution in [0.1, 0.15) is 27.2 Å². The summed E-state index contributed by atoms with van der Waals surface area (Å²) in [6.07, 6.45) is 4.87. The average Bonchev–Trinajstić information content (AvgIpc) is 2.06. The molecule has 0 saturated carbocycles. The highest BCUT2D eigenvalue weighted by atomic mass is 15.4. The number of rotatable bonds is 5. The topological polar surface area (TPSA) is 24.1 Å². The van der Waals surface area contributed by atoms with Crippen molar-refractivity contribution in [1.82, 2.24) is 10.9 Å². The summed E-state index contributed by atoms with van der Waals surface area (Å²) >= 11 is 0. The zero-order valence-electron chi connectivity index (χ0n) is 7.65. The Morgan fingerprint density at radius 2 is 2.27 bits per heavy atom. The molecule has 0 aromatic carbocycles. The quantitative estimate of drug-likeness (QED) is 0.467. The molecule has 1 unspecified atom stereocenters. The third-order valence-electron chi connectivity index (χ3n) is 1.61. The van der Waals surface area contributed by atoms with Crippen LogP contribution < -0.4 is 10.9 Å². The van der Waals surface area contributed by atoms with Crippen LogP contribution in [0.25, 0.3) is 0 Å². The molecule has 2 heteroatoms. The fourth-order valence-electron chi connectivity index (χ4n) is 0.550. The first-order chi connectivity index (χ1) is 5.24. The number of hydrogen-bond acceptors (Lipinski definition) is 2. The lowest BCUT2D eigenvalue weighted by atomic mass is 10.3. The van der Waals surface area contributed by atoms with Gasteiger partial charge in [-0.1, -0.05) is 19.6 Å². The molecule has 0 aromatic rings. The first-order valence-electron chi connectivity index (χ1n) is 4.04. The van der Waals surface area contributed by atoms with E-state index in [0.29, 0.717) is 6.04 Å². The Morgan fingerprint density at radius 1 is 1.64 bits per heavy atom. The minimum atomic E-state index is 0.491. The normalized spacial score (nSPS) is 14.3. The summed E-state index contributed by atoms with van der Waals surface area (Å²) in [7, 11) is 0. The smallest absolute Gasteiger partial charge is 0.0439 e. The van der Waals surface area contributed by atoms with Crippen LogP contribution in [-0.2, 0) is 0 Å². The number of hydrogen-bond donors (Lipinski definition) is 2. The molecule has 0 saturated heterocycles. The number of hydrazine groups is 1. The van der Waals surface area contributed by atoms with Gasteiger partial charge in [-0.2, -0.15) is 0 Å². The van der Waals surface area contributed by atoms with Crippen molar-refractivity contribution in [1.29, 1.82) is 0 Å². The third-order valence-corrected chi connectivity index (χ3v) is 1.61. The van der Waals surface area contributed by atoms with Crippen molar-refractivity contribution in [2.45, 2.75) is 33.2 Å². The maximum absolute atomic E-state index is 3.66. The molecule has 0 aliphatic carbocycles. The molecule has 0 radical (unpaired) electrons. The molecule has 0 aromatic heterocycles. The van der Waals surface area contributed by atoms with E-state index in [1.165, 1.54) is 0 Å². The Morgan fingerprint density at radius 3 is 2.64 bits per heavy atom. The van der Waals surface area contributed by atoms with Crippen molar-refractivity contribution in [3.63, 3.8) is 0 Å². The highest BCUT2D eigenvalue weighted by Crippen LogP contribution is 1.89. The fraction of sp³-hybridized carbons (Fsp3) is 0.556. The monoisotopic (exact) mass is 154 g/mol. The Balaban J connectivity index is 3.59. The van der Waals surface area contributed by atoms with Crippen LogP contribution in [0.4, 0.5) is 0 Å². The van der Waals surface area contributed by atoms with Gasteiger partial charge in [0.1, 0.15) is 0 Å². The van der Waals surface area contributed by atoms with Crippen LogP contribution in [-0.4, -0.2) is 6.04 Å². The Bertz CT molecular complexity index is 138. The molecule has 0 aliphatic rings. The van der Waals surface area contributed by atoms with E-state index >= 15 is 0 Å². The molecule has 11 heavy (non-hydrogen) atoms. The van der Waals surface area contributed by atoms with Gasteiger partial charge in [-0.3, -0.25) is 0 Å². The van der Waals surface area contributed by atoms with Gasteiger partial charge in [-0.25, -0.2) is 5.43 Å². The van der Waals surface area contributed by atoms with Crippen LogP contribution >= 0.6 is 0 Å². The number of allylic oxidation sites excluding steroid dienone is 2. The molecule has 2 N–H and O–H groups in total. The summed E-state index contributed by atoms with van der Waals surface area (Å²) in [5.74, 6) is 0. The molecular formula is C9H18N2. The Kier molecular flexibility index (Phi) is 5.57. The van der Waals surface area contributed by atoms with Crippen molar-refractivity contribution < 1.29 is 0 Å². The maximum atomic E-state index is 3.66. The lowest BCUT2D eigenvalue weighted by Gasteiger charge is -2.13. The largest absolute Gasteiger partial charge is 0.322 e. The summed E-state index contributed by atoms with van der Waals surface area (Å²) in [5, 5.41) is 0. The van der Waals surface area contributed by atoms with Gasteiger partial charge in [0.15, 0.2) is 0 Å². The standard InChI is InChI=1S/C9H18N2/c1-5-8(4)10-11-9(6-2)7-3/h6-8,10-11H,2,5H2,1,3-4H3/b9-7+. The van der Waals surface area contributed by atoms with E-state index in [9.17, 15) is 0 Å². The average molecular weight is 154 g/mol. The first kappa shape index (κ1) is 10.2. The lowest BCUT2D eigenvalue weighted by molar-refractivity contribution is 0.485. The van der Waals surface area contributed by atoms with Gasteiger partial charge in [0.25, 0.3) is 0 Å². The Hall–Kier alpha value is -0.760. The SMILES string of the molecule is C=C/C(=C\C)NNC(C)CC. The van der Waals surface area contributed by atoms with Gasteiger partial charge >= 0.3 is 0 Å². The van der Waals surface area contributed by atoms with Gasteiger partial charge in [-0.05, 0) is 26.3 Å². The summed E-state index contributed by atoms with van der Waals surface area (Å²) in [5.41, 5.74) is 7.23. The van der Waals surface area contributed by atoms with Crippen molar-refractivity contribution >= 4 is 0 Å². The van der Waals surface area contributed by atoms with E-state index in [2.05, 4.69) is 31.3 Å². The van der Waals surface area contributed by atoms with Crippen molar-refractivity contribution in [2.75, 3.05) is 0 Å². The van der Waals surface area contributed by atoms with Crippen LogP contribution in [0, 0.1) is 0 Å². The van der Waals surface area contributed by atoms with Crippen molar-refractivity contribution in [3.8, 4) is 0 Å². The van der Waals surface area contributed by atoms with E-state index in [4.69, 9.17) is 0 Å². The number of nitrogens with one attached hydrogen (secondary N) is 2. The lowest BCUT2D eigenvalue weighted by Crippen LogP contribution is -2.37. The van der Waals surface area contributed by atoms with Crippen LogP contribution in [0.3, 0.4) is 0 Å². The minimum Gasteiger partial charge on any atom is -0.322 e. The Labute approximate surface area is 69.3 Å². The van der Waals surface area contributed by atoms with Crippen LogP contribution in [0.2, 0.25) is 0 Å². The highest BCUT2D eigenvalue weighted by Gasteiger charge is 1.94.